The molecule has 1 atom stereocenters. The molecular weight excluding hydrogens is 393 g/mol. The van der Waals surface area contributed by atoms with Crippen LogP contribution in [0.5, 0.6) is 5.75 Å². The standard InChI is InChI=1S/C22H24FN3O2.ClH/c23-18-6-2-4-8-21(18)28-16-9-11-26(12-10-16)22(27)19(24)13-15-14-25-20-7-3-1-5-17(15)20;/h1-8,14,16,19,25H,9-13,24H2;1H/t19-;/m0./s1. The van der Waals surface area contributed by atoms with Crippen LogP contribution in [-0.2, 0) is 11.2 Å². The Bertz CT molecular complexity index is 969. The summed E-state index contributed by atoms with van der Waals surface area (Å²) in [5.74, 6) is -0.139. The molecule has 29 heavy (non-hydrogen) atoms. The number of likely N-dealkylation sites (tertiary alicyclic amines) is 1. The molecule has 0 unspecified atom stereocenters. The van der Waals surface area contributed by atoms with E-state index in [2.05, 4.69) is 4.98 Å². The fraction of sp³-hybridized carbons (Fsp3) is 0.318. The van der Waals surface area contributed by atoms with E-state index in [4.69, 9.17) is 10.5 Å². The van der Waals surface area contributed by atoms with Crippen molar-refractivity contribution in [2.75, 3.05) is 13.1 Å². The first-order chi connectivity index (χ1) is 13.6. The van der Waals surface area contributed by atoms with Crippen molar-refractivity contribution in [3.05, 3.63) is 66.1 Å². The van der Waals surface area contributed by atoms with Crippen LogP contribution in [0.4, 0.5) is 4.39 Å². The van der Waals surface area contributed by atoms with Gasteiger partial charge in [-0.1, -0.05) is 30.3 Å². The summed E-state index contributed by atoms with van der Waals surface area (Å²) in [5.41, 5.74) is 8.32. The van der Waals surface area contributed by atoms with Gasteiger partial charge in [0.1, 0.15) is 6.10 Å². The summed E-state index contributed by atoms with van der Waals surface area (Å²) in [7, 11) is 0. The Balaban J connectivity index is 0.00000240. The highest BCUT2D eigenvalue weighted by molar-refractivity contribution is 5.86. The molecule has 1 aliphatic heterocycles. The highest BCUT2D eigenvalue weighted by atomic mass is 35.5. The zero-order valence-corrected chi connectivity index (χ0v) is 16.8. The molecule has 3 aromatic rings. The number of amides is 1. The number of ether oxygens (including phenoxy) is 1. The van der Waals surface area contributed by atoms with Crippen LogP contribution in [0, 0.1) is 5.82 Å². The van der Waals surface area contributed by atoms with Crippen LogP contribution in [0.1, 0.15) is 18.4 Å². The van der Waals surface area contributed by atoms with Crippen molar-refractivity contribution in [3.8, 4) is 5.75 Å². The van der Waals surface area contributed by atoms with Crippen LogP contribution < -0.4 is 10.5 Å². The smallest absolute Gasteiger partial charge is 0.239 e. The Morgan fingerprint density at radius 1 is 1.17 bits per heavy atom. The third-order valence-electron chi connectivity index (χ3n) is 5.32. The van der Waals surface area contributed by atoms with Gasteiger partial charge in [-0.2, -0.15) is 0 Å². The van der Waals surface area contributed by atoms with Crippen molar-refractivity contribution in [1.82, 2.24) is 9.88 Å². The van der Waals surface area contributed by atoms with E-state index >= 15 is 0 Å². The van der Waals surface area contributed by atoms with Gasteiger partial charge < -0.3 is 20.4 Å². The summed E-state index contributed by atoms with van der Waals surface area (Å²) in [4.78, 5) is 17.8. The molecule has 1 aliphatic rings. The van der Waals surface area contributed by atoms with Gasteiger partial charge in [-0.25, -0.2) is 4.39 Å². The Kier molecular flexibility index (Phi) is 6.77. The normalized spacial score (nSPS) is 15.7. The first kappa shape index (κ1) is 21.1. The van der Waals surface area contributed by atoms with Crippen molar-refractivity contribution in [2.45, 2.75) is 31.4 Å². The number of nitrogens with two attached hydrogens (primary N) is 1. The molecule has 1 fully saturated rings. The number of nitrogens with one attached hydrogen (secondary N) is 1. The molecule has 0 aliphatic carbocycles. The molecule has 0 saturated carbocycles. The van der Waals surface area contributed by atoms with E-state index in [0.717, 1.165) is 16.5 Å². The lowest BCUT2D eigenvalue weighted by molar-refractivity contribution is -0.134. The lowest BCUT2D eigenvalue weighted by atomic mass is 10.0. The van der Waals surface area contributed by atoms with Crippen LogP contribution >= 0.6 is 12.4 Å². The highest BCUT2D eigenvalue weighted by Gasteiger charge is 2.28. The Morgan fingerprint density at radius 2 is 1.86 bits per heavy atom. The largest absolute Gasteiger partial charge is 0.487 e. The number of hydrogen-bond donors (Lipinski definition) is 2. The summed E-state index contributed by atoms with van der Waals surface area (Å²) in [5, 5.41) is 1.10. The third-order valence-corrected chi connectivity index (χ3v) is 5.32. The molecule has 2 aromatic carbocycles. The van der Waals surface area contributed by atoms with E-state index in [9.17, 15) is 9.18 Å². The molecule has 5 nitrogen and oxygen atoms in total. The predicted octanol–water partition coefficient (Wildman–Crippen LogP) is 3.67. The predicted molar refractivity (Wildman–Crippen MR) is 114 cm³/mol. The number of para-hydroxylation sites is 2. The maximum absolute atomic E-state index is 13.7. The molecule has 3 N–H and O–H groups in total. The zero-order chi connectivity index (χ0) is 19.5. The number of hydrogen-bond acceptors (Lipinski definition) is 3. The number of halogens is 2. The number of aromatic amines is 1. The molecule has 1 aromatic heterocycles. The molecule has 154 valence electrons. The summed E-state index contributed by atoms with van der Waals surface area (Å²) in [6.07, 6.45) is 3.66. The first-order valence-electron chi connectivity index (χ1n) is 9.62. The van der Waals surface area contributed by atoms with E-state index in [-0.39, 0.29) is 36.0 Å². The average Bonchev–Trinajstić information content (AvgIpc) is 3.13. The highest BCUT2D eigenvalue weighted by Crippen LogP contribution is 2.23. The number of carbonyl (C=O) groups is 1. The molecular formula is C22H25ClFN3O2. The molecule has 1 saturated heterocycles. The lowest BCUT2D eigenvalue weighted by Crippen LogP contribution is -2.49. The van der Waals surface area contributed by atoms with E-state index in [1.54, 1.807) is 23.1 Å². The topological polar surface area (TPSA) is 71.4 Å². The maximum atomic E-state index is 13.7. The summed E-state index contributed by atoms with van der Waals surface area (Å²) in [6, 6.07) is 13.8. The number of benzene rings is 2. The number of H-pyrrole nitrogens is 1. The van der Waals surface area contributed by atoms with Crippen LogP contribution in [-0.4, -0.2) is 41.0 Å². The minimum Gasteiger partial charge on any atom is -0.487 e. The number of fused-ring (bicyclic) bond motifs is 1. The number of piperidine rings is 1. The van der Waals surface area contributed by atoms with Crippen molar-refractivity contribution in [3.63, 3.8) is 0 Å². The molecule has 7 heteroatoms. The summed E-state index contributed by atoms with van der Waals surface area (Å²) < 4.78 is 19.5. The Labute approximate surface area is 175 Å². The molecule has 1 amide bonds. The van der Waals surface area contributed by atoms with Gasteiger partial charge >= 0.3 is 0 Å². The SMILES string of the molecule is Cl.N[C@@H](Cc1c[nH]c2ccccc12)C(=O)N1CCC(Oc2ccccc2F)CC1. The minimum absolute atomic E-state index is 0. The minimum atomic E-state index is -0.580. The van der Waals surface area contributed by atoms with E-state index < -0.39 is 6.04 Å². The molecule has 0 bridgehead atoms. The Hall–Kier alpha value is -2.57. The molecule has 2 heterocycles. The molecule has 0 spiro atoms. The second-order valence-corrected chi connectivity index (χ2v) is 7.24. The van der Waals surface area contributed by atoms with E-state index in [1.165, 1.54) is 6.07 Å². The quantitative estimate of drug-likeness (QED) is 0.665. The fourth-order valence-corrected chi connectivity index (χ4v) is 3.77. The van der Waals surface area contributed by atoms with Gasteiger partial charge in [0.05, 0.1) is 6.04 Å². The van der Waals surface area contributed by atoms with Gasteiger partial charge in [-0.3, -0.25) is 4.79 Å². The summed E-state index contributed by atoms with van der Waals surface area (Å²) >= 11 is 0. The van der Waals surface area contributed by atoms with Crippen molar-refractivity contribution >= 4 is 29.2 Å². The van der Waals surface area contributed by atoms with Gasteiger partial charge in [-0.15, -0.1) is 12.4 Å². The first-order valence-corrected chi connectivity index (χ1v) is 9.62. The Morgan fingerprint density at radius 3 is 2.62 bits per heavy atom. The number of nitrogens with zero attached hydrogens (tertiary/aromatic N) is 1. The molecule has 0 radical (unpaired) electrons. The second-order valence-electron chi connectivity index (χ2n) is 7.24. The van der Waals surface area contributed by atoms with Gasteiger partial charge in [-0.05, 0) is 30.2 Å². The van der Waals surface area contributed by atoms with Crippen LogP contribution in [0.3, 0.4) is 0 Å². The second kappa shape index (κ2) is 9.29. The van der Waals surface area contributed by atoms with Gasteiger partial charge in [0.2, 0.25) is 5.91 Å². The monoisotopic (exact) mass is 417 g/mol. The molecule has 4 rings (SSSR count). The van der Waals surface area contributed by atoms with Crippen molar-refractivity contribution in [1.29, 1.82) is 0 Å². The van der Waals surface area contributed by atoms with Gasteiger partial charge in [0, 0.05) is 43.0 Å². The van der Waals surface area contributed by atoms with Crippen molar-refractivity contribution in [2.24, 2.45) is 5.73 Å². The number of aromatic nitrogens is 1. The van der Waals surface area contributed by atoms with Gasteiger partial charge in [0.15, 0.2) is 11.6 Å². The van der Waals surface area contributed by atoms with Crippen LogP contribution in [0.15, 0.2) is 54.7 Å². The lowest BCUT2D eigenvalue weighted by Gasteiger charge is -2.33. The average molecular weight is 418 g/mol. The van der Waals surface area contributed by atoms with E-state index in [0.29, 0.717) is 32.4 Å². The van der Waals surface area contributed by atoms with E-state index in [1.807, 2.05) is 30.5 Å². The van der Waals surface area contributed by atoms with Gasteiger partial charge in [0.25, 0.3) is 0 Å². The number of rotatable bonds is 5. The maximum Gasteiger partial charge on any atom is 0.239 e. The van der Waals surface area contributed by atoms with Crippen LogP contribution in [0.2, 0.25) is 0 Å². The van der Waals surface area contributed by atoms with Crippen molar-refractivity contribution < 1.29 is 13.9 Å². The fourth-order valence-electron chi connectivity index (χ4n) is 3.77. The number of carbonyl (C=O) groups excluding carboxylic acids is 1. The third kappa shape index (κ3) is 4.71. The van der Waals surface area contributed by atoms with Crippen LogP contribution in [0.25, 0.3) is 10.9 Å². The summed E-state index contributed by atoms with van der Waals surface area (Å²) in [6.45, 7) is 1.14. The zero-order valence-electron chi connectivity index (χ0n) is 16.0.